The van der Waals surface area contributed by atoms with E-state index in [9.17, 15) is 24.3 Å². The molecule has 3 atom stereocenters. The Balaban J connectivity index is 1.85. The minimum atomic E-state index is -1.22. The van der Waals surface area contributed by atoms with Gasteiger partial charge in [-0.2, -0.15) is 0 Å². The smallest absolute Gasteiger partial charge is 0.322 e. The lowest BCUT2D eigenvalue weighted by atomic mass is 10.0. The highest BCUT2D eigenvalue weighted by Crippen LogP contribution is 2.19. The van der Waals surface area contributed by atoms with Crippen LogP contribution in [0.1, 0.15) is 31.4 Å². The molecule has 2 aromatic carbocycles. The first-order chi connectivity index (χ1) is 18.5. The summed E-state index contributed by atoms with van der Waals surface area (Å²) in [6, 6.07) is 10.6. The summed E-state index contributed by atoms with van der Waals surface area (Å²) in [7, 11) is 0. The highest BCUT2D eigenvalue weighted by atomic mass is 16.4. The maximum absolute atomic E-state index is 13.5. The number of rotatable bonds is 13. The number of carbonyl (C=O) groups excluding carboxylic acids is 3. The van der Waals surface area contributed by atoms with Crippen LogP contribution in [0, 0.1) is 5.92 Å². The molecule has 39 heavy (non-hydrogen) atoms. The molecule has 3 rings (SSSR count). The largest absolute Gasteiger partial charge is 0.508 e. The number of aromatic hydroxyl groups is 1. The minimum Gasteiger partial charge on any atom is -0.508 e. The Labute approximate surface area is 226 Å². The standard InChI is InChI=1S/C28H35N5O6/c1-16(2)11-21(29)26(37)32-23(12-17-7-9-19(34)10-8-17)28(39)33-24(27(38)31-15-25(35)36)13-18-14-30-22-6-4-3-5-20(18)22/h3-10,14,16,21,23-24,30,34H,11-13,15,29H2,1-2H3,(H,31,38)(H,32,37)(H,33,39)(H,35,36). The van der Waals surface area contributed by atoms with Crippen molar-refractivity contribution in [3.63, 3.8) is 0 Å². The third kappa shape index (κ3) is 8.57. The maximum Gasteiger partial charge on any atom is 0.322 e. The van der Waals surface area contributed by atoms with E-state index in [0.717, 1.165) is 16.5 Å². The number of nitrogens with two attached hydrogens (primary N) is 1. The number of carboxylic acids is 1. The first kappa shape index (κ1) is 29.2. The van der Waals surface area contributed by atoms with Gasteiger partial charge in [0, 0.05) is 29.9 Å². The van der Waals surface area contributed by atoms with Crippen molar-refractivity contribution in [1.29, 1.82) is 0 Å². The fourth-order valence-electron chi connectivity index (χ4n) is 4.26. The van der Waals surface area contributed by atoms with E-state index < -0.39 is 48.4 Å². The molecule has 0 fully saturated rings. The Morgan fingerprint density at radius 2 is 1.54 bits per heavy atom. The van der Waals surface area contributed by atoms with Crippen molar-refractivity contribution in [2.75, 3.05) is 6.54 Å². The molecule has 11 heteroatoms. The average molecular weight is 538 g/mol. The number of phenolic OH excluding ortho intramolecular Hbond substituents is 1. The van der Waals surface area contributed by atoms with Crippen LogP contribution in [0.5, 0.6) is 5.75 Å². The Morgan fingerprint density at radius 3 is 2.21 bits per heavy atom. The number of nitrogens with one attached hydrogen (secondary N) is 4. The molecule has 0 radical (unpaired) electrons. The van der Waals surface area contributed by atoms with Crippen LogP contribution < -0.4 is 21.7 Å². The summed E-state index contributed by atoms with van der Waals surface area (Å²) >= 11 is 0. The minimum absolute atomic E-state index is 0.0524. The molecule has 1 heterocycles. The van der Waals surface area contributed by atoms with Crippen molar-refractivity contribution in [1.82, 2.24) is 20.9 Å². The Hall–Kier alpha value is -4.38. The van der Waals surface area contributed by atoms with E-state index in [1.54, 1.807) is 18.3 Å². The lowest BCUT2D eigenvalue weighted by Gasteiger charge is -2.24. The molecule has 8 N–H and O–H groups in total. The van der Waals surface area contributed by atoms with Gasteiger partial charge >= 0.3 is 5.97 Å². The molecule has 0 bridgehead atoms. The van der Waals surface area contributed by atoms with Gasteiger partial charge in [-0.3, -0.25) is 19.2 Å². The number of fused-ring (bicyclic) bond motifs is 1. The van der Waals surface area contributed by atoms with Gasteiger partial charge in [0.2, 0.25) is 17.7 Å². The van der Waals surface area contributed by atoms with Gasteiger partial charge in [0.15, 0.2) is 0 Å². The summed E-state index contributed by atoms with van der Waals surface area (Å²) in [5.74, 6) is -2.83. The quantitative estimate of drug-likeness (QED) is 0.171. The number of aromatic nitrogens is 1. The number of phenols is 1. The molecule has 208 valence electrons. The average Bonchev–Trinajstić information content (AvgIpc) is 3.30. The molecule has 0 aliphatic heterocycles. The maximum atomic E-state index is 13.5. The van der Waals surface area contributed by atoms with Crippen molar-refractivity contribution in [2.45, 2.75) is 51.2 Å². The van der Waals surface area contributed by atoms with Gasteiger partial charge < -0.3 is 36.9 Å². The van der Waals surface area contributed by atoms with Crippen LogP contribution in [0.15, 0.2) is 54.7 Å². The van der Waals surface area contributed by atoms with E-state index in [2.05, 4.69) is 20.9 Å². The van der Waals surface area contributed by atoms with Crippen molar-refractivity contribution >= 4 is 34.6 Å². The normalized spacial score (nSPS) is 13.4. The molecular formula is C28H35N5O6. The van der Waals surface area contributed by atoms with Gasteiger partial charge in [-0.25, -0.2) is 0 Å². The molecule has 0 aliphatic carbocycles. The predicted octanol–water partition coefficient (Wildman–Crippen LogP) is 1.20. The summed E-state index contributed by atoms with van der Waals surface area (Å²) in [5, 5.41) is 27.2. The topological polar surface area (TPSA) is 187 Å². The molecule has 11 nitrogen and oxygen atoms in total. The second-order valence-electron chi connectivity index (χ2n) is 9.90. The first-order valence-electron chi connectivity index (χ1n) is 12.7. The number of benzene rings is 2. The van der Waals surface area contributed by atoms with Crippen LogP contribution in [0.2, 0.25) is 0 Å². The third-order valence-electron chi connectivity index (χ3n) is 6.22. The van der Waals surface area contributed by atoms with Crippen molar-refractivity contribution in [3.05, 3.63) is 65.9 Å². The van der Waals surface area contributed by atoms with Crippen LogP contribution in [0.4, 0.5) is 0 Å². The number of hydrogen-bond acceptors (Lipinski definition) is 6. The zero-order valence-corrected chi connectivity index (χ0v) is 21.9. The van der Waals surface area contributed by atoms with E-state index in [-0.39, 0.29) is 24.5 Å². The molecule has 1 aromatic heterocycles. The molecule has 3 unspecified atom stereocenters. The van der Waals surface area contributed by atoms with E-state index in [0.29, 0.717) is 12.0 Å². The summed E-state index contributed by atoms with van der Waals surface area (Å²) in [6.45, 7) is 3.24. The first-order valence-corrected chi connectivity index (χ1v) is 12.7. The monoisotopic (exact) mass is 537 g/mol. The molecule has 3 amide bonds. The highest BCUT2D eigenvalue weighted by Gasteiger charge is 2.29. The number of carboxylic acid groups (broad SMARTS) is 1. The van der Waals surface area contributed by atoms with Gasteiger partial charge in [0.1, 0.15) is 24.4 Å². The number of hydrogen-bond donors (Lipinski definition) is 7. The Kier molecular flexibility index (Phi) is 10.0. The molecule has 0 spiro atoms. The number of H-pyrrole nitrogens is 1. The third-order valence-corrected chi connectivity index (χ3v) is 6.22. The zero-order chi connectivity index (χ0) is 28.5. The summed E-state index contributed by atoms with van der Waals surface area (Å²) in [5.41, 5.74) is 8.30. The molecular weight excluding hydrogens is 502 g/mol. The Morgan fingerprint density at radius 1 is 0.897 bits per heavy atom. The van der Waals surface area contributed by atoms with Gasteiger partial charge in [0.25, 0.3) is 0 Å². The molecule has 0 saturated heterocycles. The fraction of sp³-hybridized carbons (Fsp3) is 0.357. The Bertz CT molecular complexity index is 1300. The van der Waals surface area contributed by atoms with Crippen molar-refractivity contribution < 1.29 is 29.4 Å². The van der Waals surface area contributed by atoms with E-state index in [1.807, 2.05) is 38.1 Å². The van der Waals surface area contributed by atoms with Crippen molar-refractivity contribution in [2.24, 2.45) is 11.7 Å². The molecule has 0 saturated carbocycles. The highest BCUT2D eigenvalue weighted by molar-refractivity contribution is 5.94. The van der Waals surface area contributed by atoms with Crippen LogP contribution in [0.25, 0.3) is 10.9 Å². The SMILES string of the molecule is CC(C)CC(N)C(=O)NC(Cc1ccc(O)cc1)C(=O)NC(Cc1c[nH]c2ccccc12)C(=O)NCC(=O)O. The van der Waals surface area contributed by atoms with E-state index in [4.69, 9.17) is 10.8 Å². The predicted molar refractivity (Wildman–Crippen MR) is 146 cm³/mol. The number of aliphatic carboxylic acids is 1. The number of amides is 3. The second-order valence-corrected chi connectivity index (χ2v) is 9.90. The number of carbonyl (C=O) groups is 4. The van der Waals surface area contributed by atoms with Gasteiger partial charge in [-0.05, 0) is 41.7 Å². The lowest BCUT2D eigenvalue weighted by Crippen LogP contribution is -2.57. The van der Waals surface area contributed by atoms with Crippen LogP contribution in [-0.2, 0) is 32.0 Å². The molecule has 3 aromatic rings. The van der Waals surface area contributed by atoms with Gasteiger partial charge in [-0.1, -0.05) is 44.2 Å². The summed E-state index contributed by atoms with van der Waals surface area (Å²) in [4.78, 5) is 53.5. The van der Waals surface area contributed by atoms with Crippen LogP contribution in [0.3, 0.4) is 0 Å². The van der Waals surface area contributed by atoms with Gasteiger partial charge in [0.05, 0.1) is 6.04 Å². The summed E-state index contributed by atoms with van der Waals surface area (Å²) < 4.78 is 0. The van der Waals surface area contributed by atoms with Crippen molar-refractivity contribution in [3.8, 4) is 5.75 Å². The fourth-order valence-corrected chi connectivity index (χ4v) is 4.26. The lowest BCUT2D eigenvalue weighted by molar-refractivity contribution is -0.138. The molecule has 0 aliphatic rings. The second kappa shape index (κ2) is 13.4. The van der Waals surface area contributed by atoms with Crippen LogP contribution >= 0.6 is 0 Å². The summed E-state index contributed by atoms with van der Waals surface area (Å²) in [6.07, 6.45) is 2.30. The van der Waals surface area contributed by atoms with E-state index in [1.165, 1.54) is 12.1 Å². The number of aromatic amines is 1. The van der Waals surface area contributed by atoms with Gasteiger partial charge in [-0.15, -0.1) is 0 Å². The van der Waals surface area contributed by atoms with Crippen LogP contribution in [-0.4, -0.2) is 63.6 Å². The zero-order valence-electron chi connectivity index (χ0n) is 21.9. The van der Waals surface area contributed by atoms with E-state index >= 15 is 0 Å². The number of para-hydroxylation sites is 1.